The number of methoxy groups -OCH3 is 1. The summed E-state index contributed by atoms with van der Waals surface area (Å²) >= 11 is 0. The van der Waals surface area contributed by atoms with Crippen LogP contribution < -0.4 is 73.6 Å². The predicted molar refractivity (Wildman–Crippen MR) is 90.0 cm³/mol. The van der Waals surface area contributed by atoms with Crippen LogP contribution in [0, 0.1) is 12.1 Å². The van der Waals surface area contributed by atoms with Gasteiger partial charge in [-0.3, -0.25) is 0 Å². The van der Waals surface area contributed by atoms with Gasteiger partial charge in [0.2, 0.25) is 0 Å². The van der Waals surface area contributed by atoms with Gasteiger partial charge in [-0.25, -0.2) is 4.39 Å². The Bertz CT molecular complexity index is 680. The Balaban J connectivity index is 0.00000225. The van der Waals surface area contributed by atoms with Crippen LogP contribution in [0.15, 0.2) is 18.2 Å². The van der Waals surface area contributed by atoms with E-state index >= 15 is 0 Å². The number of ether oxygens (including phenoxy) is 1. The second-order valence-corrected chi connectivity index (χ2v) is 5.89. The topological polar surface area (TPSA) is 72.0 Å². The summed E-state index contributed by atoms with van der Waals surface area (Å²) in [6.07, 6.45) is 9.86. The molecule has 0 bridgehead atoms. The first-order chi connectivity index (χ1) is 11.7. The predicted octanol–water partition coefficient (Wildman–Crippen LogP) is 0.702. The van der Waals surface area contributed by atoms with Gasteiger partial charge < -0.3 is 30.3 Å². The summed E-state index contributed by atoms with van der Waals surface area (Å²) in [6, 6.07) is 4.97. The molecular formula is C17H21FN5ORb. The smallest absolute Gasteiger partial charge is 0.494 e. The van der Waals surface area contributed by atoms with Gasteiger partial charge in [0.15, 0.2) is 11.6 Å². The summed E-state index contributed by atoms with van der Waals surface area (Å²) in [5.41, 5.74) is 0.535. The molecule has 2 N–H and O–H groups in total. The van der Waals surface area contributed by atoms with Crippen LogP contribution >= 0.6 is 0 Å². The molecule has 1 fully saturated rings. The van der Waals surface area contributed by atoms with Gasteiger partial charge >= 0.3 is 58.2 Å². The number of hydrogen-bond donors (Lipinski definition) is 2. The molecule has 1 aliphatic rings. The van der Waals surface area contributed by atoms with Crippen molar-refractivity contribution in [3.8, 4) is 5.75 Å². The van der Waals surface area contributed by atoms with E-state index in [0.29, 0.717) is 23.6 Å². The zero-order valence-corrected chi connectivity index (χ0v) is 19.6. The monoisotopic (exact) mass is 415 g/mol. The van der Waals surface area contributed by atoms with Crippen molar-refractivity contribution in [2.45, 2.75) is 44.6 Å². The van der Waals surface area contributed by atoms with E-state index < -0.39 is 5.82 Å². The van der Waals surface area contributed by atoms with Crippen LogP contribution in [0.3, 0.4) is 0 Å². The molecule has 0 atom stereocenters. The van der Waals surface area contributed by atoms with Gasteiger partial charge in [-0.2, -0.15) is 0 Å². The largest absolute Gasteiger partial charge is 1.00 e. The fourth-order valence-electron chi connectivity index (χ4n) is 2.87. The van der Waals surface area contributed by atoms with Crippen LogP contribution in [-0.2, 0) is 0 Å². The number of benzene rings is 1. The molecule has 8 heteroatoms. The average Bonchev–Trinajstić information content (AvgIpc) is 2.84. The number of rotatable bonds is 5. The van der Waals surface area contributed by atoms with E-state index in [2.05, 4.69) is 31.9 Å². The Morgan fingerprint density at radius 1 is 1.12 bits per heavy atom. The van der Waals surface area contributed by atoms with Crippen molar-refractivity contribution in [2.75, 3.05) is 17.7 Å². The first-order valence-electron chi connectivity index (χ1n) is 8.24. The molecule has 1 heterocycles. The molecule has 1 aromatic carbocycles. The number of halogens is 1. The maximum absolute atomic E-state index is 13.7. The molecule has 1 saturated carbocycles. The summed E-state index contributed by atoms with van der Waals surface area (Å²) < 4.78 is 18.6. The Morgan fingerprint density at radius 3 is 2.52 bits per heavy atom. The van der Waals surface area contributed by atoms with E-state index in [-0.39, 0.29) is 63.9 Å². The van der Waals surface area contributed by atoms with Crippen LogP contribution in [0.2, 0.25) is 0 Å². The summed E-state index contributed by atoms with van der Waals surface area (Å²) in [5, 5.41) is 6.31. The molecular weight excluding hydrogens is 395 g/mol. The number of nitrogens with one attached hydrogen (secondary N) is 2. The van der Waals surface area contributed by atoms with E-state index in [1.807, 2.05) is 0 Å². The first kappa shape index (κ1) is 20.7. The second-order valence-electron chi connectivity index (χ2n) is 5.89. The van der Waals surface area contributed by atoms with Crippen LogP contribution in [0.4, 0.5) is 22.0 Å². The van der Waals surface area contributed by atoms with Crippen LogP contribution in [0.5, 0.6) is 5.75 Å². The zero-order chi connectivity index (χ0) is 16.8. The summed E-state index contributed by atoms with van der Waals surface area (Å²) in [4.78, 5) is 12.4. The van der Waals surface area contributed by atoms with Crippen molar-refractivity contribution < 1.29 is 67.3 Å². The van der Waals surface area contributed by atoms with Gasteiger partial charge in [0, 0.05) is 24.1 Å². The number of nitrogens with zero attached hydrogens (tertiary/aromatic N) is 3. The van der Waals surface area contributed by atoms with Gasteiger partial charge in [0.25, 0.3) is 0 Å². The van der Waals surface area contributed by atoms with Crippen molar-refractivity contribution in [1.82, 2.24) is 15.0 Å². The summed E-state index contributed by atoms with van der Waals surface area (Å²) in [5.74, 6) is 0.565. The van der Waals surface area contributed by atoms with E-state index in [1.54, 1.807) is 12.1 Å². The Morgan fingerprint density at radius 2 is 1.84 bits per heavy atom. The summed E-state index contributed by atoms with van der Waals surface area (Å²) in [6.45, 7) is 0. The van der Waals surface area contributed by atoms with Crippen LogP contribution in [-0.4, -0.2) is 28.1 Å². The number of hydrogen-bond acceptors (Lipinski definition) is 6. The van der Waals surface area contributed by atoms with Gasteiger partial charge in [0.05, 0.1) is 7.11 Å². The number of aromatic nitrogens is 3. The molecule has 0 spiro atoms. The molecule has 3 rings (SSSR count). The molecule has 6 nitrogen and oxygen atoms in total. The molecule has 25 heavy (non-hydrogen) atoms. The molecule has 0 aliphatic heterocycles. The fourth-order valence-corrected chi connectivity index (χ4v) is 2.87. The van der Waals surface area contributed by atoms with E-state index in [1.165, 1.54) is 38.9 Å². The van der Waals surface area contributed by atoms with Gasteiger partial charge in [-0.15, -0.1) is 0 Å². The molecule has 1 aromatic heterocycles. The molecule has 1 aliphatic carbocycles. The fraction of sp³-hybridized carbons (Fsp3) is 0.471. The number of anilines is 3. The van der Waals surface area contributed by atoms with Crippen molar-refractivity contribution >= 4 is 17.6 Å². The quantitative estimate of drug-likeness (QED) is 0.553. The minimum atomic E-state index is -0.447. The van der Waals surface area contributed by atoms with Gasteiger partial charge in [-0.1, -0.05) is 25.7 Å². The van der Waals surface area contributed by atoms with E-state index in [9.17, 15) is 4.39 Å². The second kappa shape index (κ2) is 10.5. The molecule has 0 saturated heterocycles. The van der Waals surface area contributed by atoms with Crippen molar-refractivity contribution in [2.24, 2.45) is 0 Å². The molecule has 0 amide bonds. The zero-order valence-electron chi connectivity index (χ0n) is 14.7. The SMILES string of the molecule is COc1ccc(Nc2n[c-]nc(NC3CCCCCC3)n2)cc1F.[Rb+]. The van der Waals surface area contributed by atoms with Gasteiger partial charge in [-0.05, 0) is 25.0 Å². The minimum absolute atomic E-state index is 0. The van der Waals surface area contributed by atoms with E-state index in [4.69, 9.17) is 4.74 Å². The third-order valence-corrected chi connectivity index (χ3v) is 4.12. The maximum Gasteiger partial charge on any atom is 1.00 e. The Hall–Kier alpha value is -0.635. The van der Waals surface area contributed by atoms with Crippen molar-refractivity contribution in [3.63, 3.8) is 0 Å². The van der Waals surface area contributed by atoms with E-state index in [0.717, 1.165) is 12.8 Å². The van der Waals surface area contributed by atoms with Crippen molar-refractivity contribution in [3.05, 3.63) is 30.3 Å². The summed E-state index contributed by atoms with van der Waals surface area (Å²) in [7, 11) is 1.43. The minimum Gasteiger partial charge on any atom is -0.494 e. The molecule has 0 unspecified atom stereocenters. The van der Waals surface area contributed by atoms with Crippen molar-refractivity contribution in [1.29, 1.82) is 0 Å². The van der Waals surface area contributed by atoms with Gasteiger partial charge in [0.1, 0.15) is 11.9 Å². The standard InChI is InChI=1S/C17H21FN5O.Rb/c1-24-15-9-8-13(10-14(15)18)22-17-20-11-19-16(23-17)21-12-6-4-2-3-5-7-12;/h8-10,12H,2-7H2,1H3,(H2,19,20,21,22,23);/q-1;+1. The third-order valence-electron chi connectivity index (χ3n) is 4.12. The Labute approximate surface area is 196 Å². The molecule has 0 radical (unpaired) electrons. The normalized spacial score (nSPS) is 15.0. The Kier molecular flexibility index (Phi) is 8.68. The first-order valence-corrected chi connectivity index (χ1v) is 8.24. The third kappa shape index (κ3) is 6.23. The van der Waals surface area contributed by atoms with Crippen LogP contribution in [0.25, 0.3) is 0 Å². The average molecular weight is 416 g/mol. The van der Waals surface area contributed by atoms with Crippen LogP contribution in [0.1, 0.15) is 38.5 Å². The molecule has 128 valence electrons. The maximum atomic E-state index is 13.7. The molecule has 2 aromatic rings.